The molecule has 0 heterocycles. The Bertz CT molecular complexity index is 768. The van der Waals surface area contributed by atoms with Gasteiger partial charge < -0.3 is 5.32 Å². The number of amides is 1. The molecule has 0 unspecified atom stereocenters. The highest BCUT2D eigenvalue weighted by Gasteiger charge is 2.10. The van der Waals surface area contributed by atoms with Gasteiger partial charge in [0, 0.05) is 10.2 Å². The first-order valence-corrected chi connectivity index (χ1v) is 7.54. The van der Waals surface area contributed by atoms with Gasteiger partial charge in [0.15, 0.2) is 0 Å². The summed E-state index contributed by atoms with van der Waals surface area (Å²) in [4.78, 5) is 12.2. The summed E-state index contributed by atoms with van der Waals surface area (Å²) in [5, 5.41) is 12.0. The largest absolute Gasteiger partial charge is 0.321 e. The molecular formula is C18H15BrN2O. The molecule has 2 aromatic carbocycles. The molecular weight excluding hydrogens is 340 g/mol. The molecule has 0 spiro atoms. The summed E-state index contributed by atoms with van der Waals surface area (Å²) in [7, 11) is 0. The van der Waals surface area contributed by atoms with Gasteiger partial charge in [0.1, 0.15) is 11.6 Å². The van der Waals surface area contributed by atoms with Crippen LogP contribution in [-0.2, 0) is 4.79 Å². The zero-order valence-electron chi connectivity index (χ0n) is 12.4. The minimum atomic E-state index is -0.410. The number of hydrogen-bond donors (Lipinski definition) is 1. The van der Waals surface area contributed by atoms with Crippen molar-refractivity contribution >= 4 is 33.6 Å². The lowest BCUT2D eigenvalue weighted by Crippen LogP contribution is -2.13. The van der Waals surface area contributed by atoms with Gasteiger partial charge in [-0.05, 0) is 60.9 Å². The van der Waals surface area contributed by atoms with Crippen molar-refractivity contribution < 1.29 is 4.79 Å². The number of anilines is 1. The monoisotopic (exact) mass is 354 g/mol. The molecule has 0 atom stereocenters. The van der Waals surface area contributed by atoms with E-state index < -0.39 is 5.91 Å². The predicted molar refractivity (Wildman–Crippen MR) is 92.3 cm³/mol. The van der Waals surface area contributed by atoms with Crippen molar-refractivity contribution in [1.82, 2.24) is 0 Å². The van der Waals surface area contributed by atoms with Gasteiger partial charge in [-0.3, -0.25) is 4.79 Å². The van der Waals surface area contributed by atoms with Crippen LogP contribution >= 0.6 is 15.9 Å². The van der Waals surface area contributed by atoms with Crippen molar-refractivity contribution in [3.8, 4) is 6.07 Å². The maximum atomic E-state index is 12.2. The molecule has 0 aromatic heterocycles. The van der Waals surface area contributed by atoms with E-state index in [1.807, 2.05) is 62.4 Å². The Labute approximate surface area is 138 Å². The SMILES string of the molecule is Cc1cc(C)cc(NC(=O)C(C#N)=Cc2cccc(Br)c2)c1. The van der Waals surface area contributed by atoms with E-state index in [0.29, 0.717) is 5.69 Å². The second-order valence-electron chi connectivity index (χ2n) is 5.06. The van der Waals surface area contributed by atoms with E-state index in [4.69, 9.17) is 0 Å². The maximum absolute atomic E-state index is 12.2. The van der Waals surface area contributed by atoms with Gasteiger partial charge in [-0.1, -0.05) is 34.1 Å². The van der Waals surface area contributed by atoms with Crippen molar-refractivity contribution in [2.24, 2.45) is 0 Å². The molecule has 2 rings (SSSR count). The number of benzene rings is 2. The third kappa shape index (κ3) is 4.31. The number of carbonyl (C=O) groups excluding carboxylic acids is 1. The van der Waals surface area contributed by atoms with Gasteiger partial charge in [-0.15, -0.1) is 0 Å². The van der Waals surface area contributed by atoms with Crippen LogP contribution in [0.4, 0.5) is 5.69 Å². The average Bonchev–Trinajstić information content (AvgIpc) is 2.43. The van der Waals surface area contributed by atoms with Crippen molar-refractivity contribution in [3.63, 3.8) is 0 Å². The fourth-order valence-electron chi connectivity index (χ4n) is 2.16. The number of nitrogens with one attached hydrogen (secondary N) is 1. The number of hydrogen-bond acceptors (Lipinski definition) is 2. The molecule has 0 aliphatic rings. The number of rotatable bonds is 3. The Kier molecular flexibility index (Phi) is 5.13. The minimum Gasteiger partial charge on any atom is -0.321 e. The molecule has 2 aromatic rings. The van der Waals surface area contributed by atoms with Gasteiger partial charge in [-0.2, -0.15) is 5.26 Å². The average molecular weight is 355 g/mol. The minimum absolute atomic E-state index is 0.0669. The Morgan fingerprint density at radius 2 is 1.86 bits per heavy atom. The Balaban J connectivity index is 2.24. The van der Waals surface area contributed by atoms with Crippen LogP contribution in [0.25, 0.3) is 6.08 Å². The summed E-state index contributed by atoms with van der Waals surface area (Å²) >= 11 is 3.37. The number of nitriles is 1. The zero-order valence-corrected chi connectivity index (χ0v) is 13.9. The van der Waals surface area contributed by atoms with Crippen LogP contribution in [0, 0.1) is 25.2 Å². The lowest BCUT2D eigenvalue weighted by Gasteiger charge is -2.07. The molecule has 22 heavy (non-hydrogen) atoms. The standard InChI is InChI=1S/C18H15BrN2O/c1-12-6-13(2)8-17(7-12)21-18(22)15(11-20)9-14-4-3-5-16(19)10-14/h3-10H,1-2H3,(H,21,22). The second-order valence-corrected chi connectivity index (χ2v) is 5.97. The molecule has 0 bridgehead atoms. The van der Waals surface area contributed by atoms with Crippen LogP contribution in [-0.4, -0.2) is 5.91 Å². The number of halogens is 1. The molecule has 1 amide bonds. The fraction of sp³-hybridized carbons (Fsp3) is 0.111. The first kappa shape index (κ1) is 16.0. The van der Waals surface area contributed by atoms with Gasteiger partial charge in [0.2, 0.25) is 0 Å². The van der Waals surface area contributed by atoms with Crippen LogP contribution < -0.4 is 5.32 Å². The molecule has 0 fully saturated rings. The van der Waals surface area contributed by atoms with Crippen molar-refractivity contribution in [3.05, 3.63) is 69.2 Å². The summed E-state index contributed by atoms with van der Waals surface area (Å²) in [6.45, 7) is 3.93. The molecule has 0 aliphatic carbocycles. The Hall–Kier alpha value is -2.38. The predicted octanol–water partition coefficient (Wildman–Crippen LogP) is 4.61. The smallest absolute Gasteiger partial charge is 0.266 e. The highest BCUT2D eigenvalue weighted by Crippen LogP contribution is 2.17. The lowest BCUT2D eigenvalue weighted by molar-refractivity contribution is -0.112. The van der Waals surface area contributed by atoms with E-state index >= 15 is 0 Å². The molecule has 3 nitrogen and oxygen atoms in total. The second kappa shape index (κ2) is 7.06. The Morgan fingerprint density at radius 3 is 2.45 bits per heavy atom. The highest BCUT2D eigenvalue weighted by atomic mass is 79.9. The van der Waals surface area contributed by atoms with Crippen LogP contribution in [0.2, 0.25) is 0 Å². The zero-order chi connectivity index (χ0) is 16.1. The normalized spacial score (nSPS) is 10.9. The third-order valence-electron chi connectivity index (χ3n) is 3.00. The first-order chi connectivity index (χ1) is 10.5. The molecule has 0 saturated heterocycles. The third-order valence-corrected chi connectivity index (χ3v) is 3.50. The van der Waals surface area contributed by atoms with Gasteiger partial charge >= 0.3 is 0 Å². The molecule has 110 valence electrons. The van der Waals surface area contributed by atoms with Crippen LogP contribution in [0.1, 0.15) is 16.7 Å². The number of aryl methyl sites for hydroxylation is 2. The van der Waals surface area contributed by atoms with Crippen LogP contribution in [0.3, 0.4) is 0 Å². The fourth-order valence-corrected chi connectivity index (χ4v) is 2.57. The van der Waals surface area contributed by atoms with E-state index in [0.717, 1.165) is 21.2 Å². The van der Waals surface area contributed by atoms with Crippen LogP contribution in [0.5, 0.6) is 0 Å². The van der Waals surface area contributed by atoms with E-state index in [9.17, 15) is 10.1 Å². The summed E-state index contributed by atoms with van der Waals surface area (Å²) < 4.78 is 0.897. The van der Waals surface area contributed by atoms with Gasteiger partial charge in [0.25, 0.3) is 5.91 Å². The van der Waals surface area contributed by atoms with E-state index in [-0.39, 0.29) is 5.57 Å². The summed E-state index contributed by atoms with van der Waals surface area (Å²) in [5.74, 6) is -0.410. The van der Waals surface area contributed by atoms with Gasteiger partial charge in [0.05, 0.1) is 0 Å². The maximum Gasteiger partial charge on any atom is 0.266 e. The van der Waals surface area contributed by atoms with E-state index in [1.165, 1.54) is 0 Å². The quantitative estimate of drug-likeness (QED) is 0.646. The highest BCUT2D eigenvalue weighted by molar-refractivity contribution is 9.10. The number of carbonyl (C=O) groups is 1. The summed E-state index contributed by atoms with van der Waals surface area (Å²) in [6, 6.07) is 15.2. The lowest BCUT2D eigenvalue weighted by atomic mass is 10.1. The van der Waals surface area contributed by atoms with Crippen molar-refractivity contribution in [2.75, 3.05) is 5.32 Å². The van der Waals surface area contributed by atoms with Gasteiger partial charge in [-0.25, -0.2) is 0 Å². The summed E-state index contributed by atoms with van der Waals surface area (Å²) in [5.41, 5.74) is 3.67. The molecule has 0 saturated carbocycles. The van der Waals surface area contributed by atoms with E-state index in [1.54, 1.807) is 6.08 Å². The van der Waals surface area contributed by atoms with Crippen molar-refractivity contribution in [2.45, 2.75) is 13.8 Å². The number of nitrogens with zero attached hydrogens (tertiary/aromatic N) is 1. The molecule has 4 heteroatoms. The molecule has 1 N–H and O–H groups in total. The topological polar surface area (TPSA) is 52.9 Å². The van der Waals surface area contributed by atoms with E-state index in [2.05, 4.69) is 21.2 Å². The Morgan fingerprint density at radius 1 is 1.18 bits per heavy atom. The molecule has 0 aliphatic heterocycles. The van der Waals surface area contributed by atoms with Crippen LogP contribution in [0.15, 0.2) is 52.5 Å². The first-order valence-electron chi connectivity index (χ1n) is 6.75. The van der Waals surface area contributed by atoms with Crippen molar-refractivity contribution in [1.29, 1.82) is 5.26 Å². The summed E-state index contributed by atoms with van der Waals surface area (Å²) in [6.07, 6.45) is 1.57. The molecule has 0 radical (unpaired) electrons.